The molecule has 1 aliphatic rings. The second kappa shape index (κ2) is 9.46. The number of carbonyl (C=O) groups is 1. The van der Waals surface area contributed by atoms with Crippen molar-refractivity contribution in [3.8, 4) is 0 Å². The lowest BCUT2D eigenvalue weighted by molar-refractivity contribution is -0.115. The Balaban J connectivity index is 1.41. The van der Waals surface area contributed by atoms with Gasteiger partial charge in [-0.05, 0) is 55.6 Å². The quantitative estimate of drug-likeness (QED) is 0.772. The summed E-state index contributed by atoms with van der Waals surface area (Å²) < 4.78 is 0. The van der Waals surface area contributed by atoms with E-state index in [0.29, 0.717) is 13.0 Å². The van der Waals surface area contributed by atoms with Crippen LogP contribution in [-0.4, -0.2) is 64.7 Å². The van der Waals surface area contributed by atoms with Gasteiger partial charge in [0.05, 0.1) is 0 Å². The van der Waals surface area contributed by atoms with E-state index in [9.17, 15) is 4.79 Å². The topological polar surface area (TPSA) is 50.9 Å². The van der Waals surface area contributed by atoms with Gasteiger partial charge in [0.25, 0.3) is 0 Å². The van der Waals surface area contributed by atoms with Gasteiger partial charge in [-0.1, -0.05) is 0 Å². The van der Waals surface area contributed by atoms with Crippen molar-refractivity contribution < 1.29 is 4.79 Å². The van der Waals surface area contributed by atoms with Crippen LogP contribution in [0.25, 0.3) is 0 Å². The molecule has 0 spiro atoms. The Morgan fingerprint density at radius 1 is 0.929 bits per heavy atom. The van der Waals surface area contributed by atoms with Gasteiger partial charge in [0.1, 0.15) is 0 Å². The molecule has 0 unspecified atom stereocenters. The van der Waals surface area contributed by atoms with Crippen LogP contribution in [0.15, 0.2) is 48.5 Å². The van der Waals surface area contributed by atoms with E-state index in [0.717, 1.165) is 43.2 Å². The molecule has 150 valence electrons. The largest absolute Gasteiger partial charge is 0.385 e. The number of anilines is 4. The van der Waals surface area contributed by atoms with E-state index in [1.54, 1.807) is 0 Å². The van der Waals surface area contributed by atoms with E-state index < -0.39 is 0 Å². The second-order valence-electron chi connectivity index (χ2n) is 7.50. The van der Waals surface area contributed by atoms with E-state index >= 15 is 0 Å². The minimum atomic E-state index is 0.0131. The summed E-state index contributed by atoms with van der Waals surface area (Å²) >= 11 is 0. The van der Waals surface area contributed by atoms with Gasteiger partial charge in [0.15, 0.2) is 0 Å². The Labute approximate surface area is 168 Å². The maximum Gasteiger partial charge on any atom is 0.226 e. The monoisotopic (exact) mass is 381 g/mol. The Morgan fingerprint density at radius 3 is 2.14 bits per heavy atom. The fraction of sp³-hybridized carbons (Fsp3) is 0.409. The fourth-order valence-corrected chi connectivity index (χ4v) is 3.24. The molecule has 0 aliphatic carbocycles. The number of benzene rings is 2. The van der Waals surface area contributed by atoms with Gasteiger partial charge < -0.3 is 25.3 Å². The minimum absolute atomic E-state index is 0.0131. The van der Waals surface area contributed by atoms with E-state index in [1.807, 2.05) is 43.3 Å². The first-order chi connectivity index (χ1) is 13.5. The van der Waals surface area contributed by atoms with Crippen molar-refractivity contribution in [3.05, 3.63) is 48.5 Å². The second-order valence-corrected chi connectivity index (χ2v) is 7.50. The van der Waals surface area contributed by atoms with Crippen LogP contribution in [0.3, 0.4) is 0 Å². The number of nitrogens with zero attached hydrogens (tertiary/aromatic N) is 3. The van der Waals surface area contributed by atoms with Crippen LogP contribution in [0.4, 0.5) is 22.7 Å². The van der Waals surface area contributed by atoms with Crippen molar-refractivity contribution in [1.82, 2.24) is 4.90 Å². The molecule has 6 heteroatoms. The molecule has 2 aromatic rings. The van der Waals surface area contributed by atoms with E-state index in [-0.39, 0.29) is 5.91 Å². The smallest absolute Gasteiger partial charge is 0.226 e. The highest BCUT2D eigenvalue weighted by atomic mass is 16.1. The SMILES string of the molecule is CN1CCN(c2ccc(NCCC(=O)Nc3ccc(N(C)C)cc3)cc2)CC1. The Hall–Kier alpha value is -2.73. The number of carbonyl (C=O) groups excluding carboxylic acids is 1. The highest BCUT2D eigenvalue weighted by Crippen LogP contribution is 2.19. The Morgan fingerprint density at radius 2 is 1.54 bits per heavy atom. The lowest BCUT2D eigenvalue weighted by Crippen LogP contribution is -2.44. The van der Waals surface area contributed by atoms with Gasteiger partial charge in [-0.3, -0.25) is 4.79 Å². The molecule has 0 radical (unpaired) electrons. The molecule has 3 rings (SSSR count). The molecule has 1 aliphatic heterocycles. The zero-order chi connectivity index (χ0) is 19.9. The van der Waals surface area contributed by atoms with Gasteiger partial charge in [-0.15, -0.1) is 0 Å². The van der Waals surface area contributed by atoms with Crippen LogP contribution in [0, 0.1) is 0 Å². The lowest BCUT2D eigenvalue weighted by Gasteiger charge is -2.34. The Kier molecular flexibility index (Phi) is 6.76. The summed E-state index contributed by atoms with van der Waals surface area (Å²) in [6, 6.07) is 16.3. The number of nitrogens with one attached hydrogen (secondary N) is 2. The zero-order valence-corrected chi connectivity index (χ0v) is 17.1. The molecule has 6 nitrogen and oxygen atoms in total. The molecule has 0 aromatic heterocycles. The van der Waals surface area contributed by atoms with Crippen molar-refractivity contribution in [2.24, 2.45) is 0 Å². The normalized spacial score (nSPS) is 14.6. The van der Waals surface area contributed by atoms with Crippen molar-refractivity contribution in [3.63, 3.8) is 0 Å². The number of likely N-dealkylation sites (N-methyl/N-ethyl adjacent to an activating group) is 1. The highest BCUT2D eigenvalue weighted by Gasteiger charge is 2.13. The molecular formula is C22H31N5O. The highest BCUT2D eigenvalue weighted by molar-refractivity contribution is 5.91. The fourth-order valence-electron chi connectivity index (χ4n) is 3.24. The number of hydrogen-bond donors (Lipinski definition) is 2. The molecule has 0 saturated carbocycles. The molecule has 1 heterocycles. The summed E-state index contributed by atoms with van der Waals surface area (Å²) in [5.74, 6) is 0.0131. The first-order valence-electron chi connectivity index (χ1n) is 9.86. The van der Waals surface area contributed by atoms with Gasteiger partial charge in [0, 0.05) is 76.0 Å². The molecule has 1 fully saturated rings. The van der Waals surface area contributed by atoms with Crippen LogP contribution in [0.1, 0.15) is 6.42 Å². The van der Waals surface area contributed by atoms with E-state index in [1.165, 1.54) is 5.69 Å². The van der Waals surface area contributed by atoms with Gasteiger partial charge in [0.2, 0.25) is 5.91 Å². The summed E-state index contributed by atoms with van der Waals surface area (Å²) in [5, 5.41) is 6.27. The molecule has 0 bridgehead atoms. The number of hydrogen-bond acceptors (Lipinski definition) is 5. The van der Waals surface area contributed by atoms with Crippen LogP contribution >= 0.6 is 0 Å². The zero-order valence-electron chi connectivity index (χ0n) is 17.1. The van der Waals surface area contributed by atoms with Crippen molar-refractivity contribution in [1.29, 1.82) is 0 Å². The van der Waals surface area contributed by atoms with Crippen LogP contribution in [0.2, 0.25) is 0 Å². The van der Waals surface area contributed by atoms with Crippen molar-refractivity contribution in [2.45, 2.75) is 6.42 Å². The Bertz CT molecular complexity index is 750. The summed E-state index contributed by atoms with van der Waals surface area (Å²) in [4.78, 5) is 18.9. The number of rotatable bonds is 7. The predicted molar refractivity (Wildman–Crippen MR) is 119 cm³/mol. The summed E-state index contributed by atoms with van der Waals surface area (Å²) in [6.45, 7) is 4.95. The third kappa shape index (κ3) is 5.63. The van der Waals surface area contributed by atoms with Crippen LogP contribution in [0.5, 0.6) is 0 Å². The summed E-state index contributed by atoms with van der Waals surface area (Å²) in [5.41, 5.74) is 4.24. The third-order valence-corrected chi connectivity index (χ3v) is 5.08. The average molecular weight is 382 g/mol. The predicted octanol–water partition coefficient (Wildman–Crippen LogP) is 2.95. The first kappa shape index (κ1) is 20.0. The molecular weight excluding hydrogens is 350 g/mol. The molecule has 0 atom stereocenters. The lowest BCUT2D eigenvalue weighted by atomic mass is 10.2. The van der Waals surface area contributed by atoms with E-state index in [2.05, 4.69) is 51.7 Å². The third-order valence-electron chi connectivity index (χ3n) is 5.08. The molecule has 28 heavy (non-hydrogen) atoms. The molecule has 2 aromatic carbocycles. The number of piperazine rings is 1. The minimum Gasteiger partial charge on any atom is -0.385 e. The maximum atomic E-state index is 12.1. The average Bonchev–Trinajstić information content (AvgIpc) is 2.69. The van der Waals surface area contributed by atoms with Crippen LogP contribution < -0.4 is 20.4 Å². The number of amides is 1. The van der Waals surface area contributed by atoms with E-state index in [4.69, 9.17) is 0 Å². The first-order valence-corrected chi connectivity index (χ1v) is 9.86. The van der Waals surface area contributed by atoms with Gasteiger partial charge in [-0.25, -0.2) is 0 Å². The van der Waals surface area contributed by atoms with Gasteiger partial charge in [-0.2, -0.15) is 0 Å². The van der Waals surface area contributed by atoms with Crippen molar-refractivity contribution >= 4 is 28.7 Å². The summed E-state index contributed by atoms with van der Waals surface area (Å²) in [6.07, 6.45) is 0.426. The van der Waals surface area contributed by atoms with Crippen LogP contribution in [-0.2, 0) is 4.79 Å². The standard InChI is InChI=1S/C22H31N5O/c1-25(2)20-8-6-19(7-9-20)24-22(28)12-13-23-18-4-10-21(11-5-18)27-16-14-26(3)15-17-27/h4-11,23H,12-17H2,1-3H3,(H,24,28). The molecule has 2 N–H and O–H groups in total. The molecule has 1 amide bonds. The maximum absolute atomic E-state index is 12.1. The van der Waals surface area contributed by atoms with Gasteiger partial charge >= 0.3 is 0 Å². The summed E-state index contributed by atoms with van der Waals surface area (Å²) in [7, 11) is 6.16. The molecule has 1 saturated heterocycles. The van der Waals surface area contributed by atoms with Crippen molar-refractivity contribution in [2.75, 3.05) is 74.3 Å².